The number of piperidine rings is 1. The SMILES string of the molecule is CCC(CCO)C1CCCCN1. The van der Waals surface area contributed by atoms with Gasteiger partial charge in [0, 0.05) is 12.6 Å². The monoisotopic (exact) mass is 171 g/mol. The predicted molar refractivity (Wildman–Crippen MR) is 51.1 cm³/mol. The Morgan fingerprint density at radius 2 is 2.33 bits per heavy atom. The summed E-state index contributed by atoms with van der Waals surface area (Å²) in [5, 5.41) is 12.4. The van der Waals surface area contributed by atoms with Gasteiger partial charge in [-0.2, -0.15) is 0 Å². The van der Waals surface area contributed by atoms with Crippen molar-refractivity contribution in [3.63, 3.8) is 0 Å². The van der Waals surface area contributed by atoms with Crippen LogP contribution in [-0.2, 0) is 0 Å². The van der Waals surface area contributed by atoms with Crippen LogP contribution in [0, 0.1) is 5.92 Å². The average Bonchev–Trinajstić information content (AvgIpc) is 2.15. The van der Waals surface area contributed by atoms with Crippen LogP contribution in [0.15, 0.2) is 0 Å². The van der Waals surface area contributed by atoms with E-state index in [1.54, 1.807) is 0 Å². The number of rotatable bonds is 4. The van der Waals surface area contributed by atoms with Gasteiger partial charge >= 0.3 is 0 Å². The van der Waals surface area contributed by atoms with Crippen molar-refractivity contribution in [3.8, 4) is 0 Å². The molecule has 0 saturated carbocycles. The Labute approximate surface area is 75.4 Å². The molecule has 2 N–H and O–H groups in total. The van der Waals surface area contributed by atoms with Gasteiger partial charge in [-0.05, 0) is 31.7 Å². The van der Waals surface area contributed by atoms with E-state index in [9.17, 15) is 0 Å². The molecule has 1 aliphatic rings. The molecule has 2 atom stereocenters. The Hall–Kier alpha value is -0.0800. The van der Waals surface area contributed by atoms with Crippen LogP contribution in [0.1, 0.15) is 39.0 Å². The molecule has 1 saturated heterocycles. The first kappa shape index (κ1) is 10.0. The molecule has 0 aromatic carbocycles. The fraction of sp³-hybridized carbons (Fsp3) is 1.00. The second-order valence-corrected chi connectivity index (χ2v) is 3.74. The molecule has 0 aliphatic carbocycles. The van der Waals surface area contributed by atoms with Gasteiger partial charge in [-0.15, -0.1) is 0 Å². The highest BCUT2D eigenvalue weighted by molar-refractivity contribution is 4.78. The molecule has 0 aromatic rings. The highest BCUT2D eigenvalue weighted by Crippen LogP contribution is 2.20. The molecular weight excluding hydrogens is 150 g/mol. The summed E-state index contributed by atoms with van der Waals surface area (Å²) in [7, 11) is 0. The molecule has 0 amide bonds. The van der Waals surface area contributed by atoms with Gasteiger partial charge in [-0.1, -0.05) is 19.8 Å². The summed E-state index contributed by atoms with van der Waals surface area (Å²) >= 11 is 0. The maximum Gasteiger partial charge on any atom is 0.0434 e. The second-order valence-electron chi connectivity index (χ2n) is 3.74. The molecule has 0 aromatic heterocycles. The van der Waals surface area contributed by atoms with Crippen molar-refractivity contribution >= 4 is 0 Å². The van der Waals surface area contributed by atoms with Gasteiger partial charge in [0.1, 0.15) is 0 Å². The lowest BCUT2D eigenvalue weighted by Crippen LogP contribution is -2.40. The molecule has 2 heteroatoms. The van der Waals surface area contributed by atoms with Crippen LogP contribution in [0.5, 0.6) is 0 Å². The van der Waals surface area contributed by atoms with Crippen LogP contribution < -0.4 is 5.32 Å². The molecule has 12 heavy (non-hydrogen) atoms. The molecule has 2 unspecified atom stereocenters. The Morgan fingerprint density at radius 3 is 2.83 bits per heavy atom. The lowest BCUT2D eigenvalue weighted by Gasteiger charge is -2.30. The fourth-order valence-corrected chi connectivity index (χ4v) is 2.14. The lowest BCUT2D eigenvalue weighted by atomic mass is 9.88. The summed E-state index contributed by atoms with van der Waals surface area (Å²) in [5.74, 6) is 0.690. The summed E-state index contributed by atoms with van der Waals surface area (Å²) in [6.07, 6.45) is 6.15. The van der Waals surface area contributed by atoms with E-state index in [-0.39, 0.29) is 0 Å². The molecule has 72 valence electrons. The Bertz CT molecular complexity index is 108. The maximum absolute atomic E-state index is 8.87. The maximum atomic E-state index is 8.87. The van der Waals surface area contributed by atoms with Crippen molar-refractivity contribution in [2.75, 3.05) is 13.2 Å². The number of hydrogen-bond donors (Lipinski definition) is 2. The van der Waals surface area contributed by atoms with Gasteiger partial charge in [-0.3, -0.25) is 0 Å². The summed E-state index contributed by atoms with van der Waals surface area (Å²) in [5.41, 5.74) is 0. The molecule has 0 spiro atoms. The fourth-order valence-electron chi connectivity index (χ4n) is 2.14. The van der Waals surface area contributed by atoms with Crippen molar-refractivity contribution in [1.82, 2.24) is 5.32 Å². The van der Waals surface area contributed by atoms with Crippen molar-refractivity contribution in [2.24, 2.45) is 5.92 Å². The molecule has 1 fully saturated rings. The van der Waals surface area contributed by atoms with Crippen LogP contribution in [0.4, 0.5) is 0 Å². The van der Waals surface area contributed by atoms with Crippen molar-refractivity contribution < 1.29 is 5.11 Å². The summed E-state index contributed by atoms with van der Waals surface area (Å²) < 4.78 is 0. The Morgan fingerprint density at radius 1 is 1.50 bits per heavy atom. The van der Waals surface area contributed by atoms with Gasteiger partial charge in [0.05, 0.1) is 0 Å². The Kier molecular flexibility index (Phi) is 4.62. The third-order valence-corrected chi connectivity index (χ3v) is 2.94. The third-order valence-electron chi connectivity index (χ3n) is 2.94. The molecule has 1 heterocycles. The second kappa shape index (κ2) is 5.55. The van der Waals surface area contributed by atoms with E-state index in [0.717, 1.165) is 6.42 Å². The van der Waals surface area contributed by atoms with Gasteiger partial charge in [-0.25, -0.2) is 0 Å². The summed E-state index contributed by atoms with van der Waals surface area (Å²) in [4.78, 5) is 0. The van der Waals surface area contributed by atoms with E-state index in [1.807, 2.05) is 0 Å². The molecule has 0 bridgehead atoms. The quantitative estimate of drug-likeness (QED) is 0.672. The van der Waals surface area contributed by atoms with Crippen LogP contribution in [0.2, 0.25) is 0 Å². The highest BCUT2D eigenvalue weighted by Gasteiger charge is 2.20. The molecular formula is C10H21NO. The summed E-state index contributed by atoms with van der Waals surface area (Å²) in [6, 6.07) is 0.677. The first-order valence-corrected chi connectivity index (χ1v) is 5.22. The van der Waals surface area contributed by atoms with E-state index in [2.05, 4.69) is 12.2 Å². The first-order valence-electron chi connectivity index (χ1n) is 5.22. The minimum atomic E-state index is 0.344. The number of aliphatic hydroxyl groups is 1. The minimum Gasteiger partial charge on any atom is -0.396 e. The minimum absolute atomic E-state index is 0.344. The average molecular weight is 171 g/mol. The zero-order chi connectivity index (χ0) is 8.81. The van der Waals surface area contributed by atoms with E-state index >= 15 is 0 Å². The lowest BCUT2D eigenvalue weighted by molar-refractivity contribution is 0.209. The largest absolute Gasteiger partial charge is 0.396 e. The number of aliphatic hydroxyl groups excluding tert-OH is 1. The topological polar surface area (TPSA) is 32.3 Å². The Balaban J connectivity index is 2.29. The van der Waals surface area contributed by atoms with Gasteiger partial charge in [0.2, 0.25) is 0 Å². The highest BCUT2D eigenvalue weighted by atomic mass is 16.3. The number of nitrogens with one attached hydrogen (secondary N) is 1. The van der Waals surface area contributed by atoms with Gasteiger partial charge < -0.3 is 10.4 Å². The van der Waals surface area contributed by atoms with Crippen LogP contribution in [0.3, 0.4) is 0 Å². The molecule has 1 aliphatic heterocycles. The zero-order valence-corrected chi connectivity index (χ0v) is 8.05. The van der Waals surface area contributed by atoms with Crippen molar-refractivity contribution in [3.05, 3.63) is 0 Å². The summed E-state index contributed by atoms with van der Waals surface area (Å²) in [6.45, 7) is 3.74. The van der Waals surface area contributed by atoms with Crippen LogP contribution in [-0.4, -0.2) is 24.3 Å². The normalized spacial score (nSPS) is 27.0. The van der Waals surface area contributed by atoms with E-state index in [0.29, 0.717) is 18.6 Å². The smallest absolute Gasteiger partial charge is 0.0434 e. The third kappa shape index (κ3) is 2.76. The predicted octanol–water partition coefficient (Wildman–Crippen LogP) is 1.54. The van der Waals surface area contributed by atoms with Crippen LogP contribution in [0.25, 0.3) is 0 Å². The van der Waals surface area contributed by atoms with E-state index < -0.39 is 0 Å². The van der Waals surface area contributed by atoms with Crippen molar-refractivity contribution in [1.29, 1.82) is 0 Å². The van der Waals surface area contributed by atoms with Crippen molar-refractivity contribution in [2.45, 2.75) is 45.1 Å². The number of hydrogen-bond acceptors (Lipinski definition) is 2. The van der Waals surface area contributed by atoms with Crippen LogP contribution >= 0.6 is 0 Å². The van der Waals surface area contributed by atoms with E-state index in [1.165, 1.54) is 32.2 Å². The zero-order valence-electron chi connectivity index (χ0n) is 8.05. The van der Waals surface area contributed by atoms with Gasteiger partial charge in [0.25, 0.3) is 0 Å². The molecule has 0 radical (unpaired) electrons. The molecule has 2 nitrogen and oxygen atoms in total. The van der Waals surface area contributed by atoms with Gasteiger partial charge in [0.15, 0.2) is 0 Å². The molecule has 1 rings (SSSR count). The first-order chi connectivity index (χ1) is 5.88. The van der Waals surface area contributed by atoms with E-state index in [4.69, 9.17) is 5.11 Å². The standard InChI is InChI=1S/C10H21NO/c1-2-9(6-8-12)10-5-3-4-7-11-10/h9-12H,2-8H2,1H3.